The average Bonchev–Trinajstić information content (AvgIpc) is 2.75. The molecule has 0 aliphatic carbocycles. The molecule has 1 saturated heterocycles. The van der Waals surface area contributed by atoms with Gasteiger partial charge in [-0.25, -0.2) is 0 Å². The van der Waals surface area contributed by atoms with Crippen LogP contribution < -0.4 is 10.1 Å². The van der Waals surface area contributed by atoms with E-state index >= 15 is 0 Å². The minimum Gasteiger partial charge on any atom is -0.487 e. The molecule has 5 heteroatoms. The number of piperidine rings is 1. The zero-order valence-corrected chi connectivity index (χ0v) is 9.65. The molecule has 0 saturated carbocycles. The zero-order chi connectivity index (χ0) is 11.4. The van der Waals surface area contributed by atoms with Crippen LogP contribution in [-0.2, 0) is 6.54 Å². The lowest BCUT2D eigenvalue weighted by molar-refractivity contribution is -0.0286. The van der Waals surface area contributed by atoms with Crippen LogP contribution in [0.3, 0.4) is 0 Å². The van der Waals surface area contributed by atoms with E-state index in [-0.39, 0.29) is 0 Å². The summed E-state index contributed by atoms with van der Waals surface area (Å²) in [6.07, 6.45) is 5.03. The van der Waals surface area contributed by atoms with Crippen LogP contribution in [-0.4, -0.2) is 40.2 Å². The van der Waals surface area contributed by atoms with Crippen molar-refractivity contribution in [2.24, 2.45) is 0 Å². The Kier molecular flexibility index (Phi) is 3.46. The highest BCUT2D eigenvalue weighted by atomic mass is 16.5. The molecular formula is C11H19N3O2. The van der Waals surface area contributed by atoms with Crippen LogP contribution in [0.1, 0.15) is 19.8 Å². The van der Waals surface area contributed by atoms with Crippen LogP contribution in [0.25, 0.3) is 0 Å². The summed E-state index contributed by atoms with van der Waals surface area (Å²) in [4.78, 5) is 0. The van der Waals surface area contributed by atoms with Gasteiger partial charge in [-0.1, -0.05) is 0 Å². The number of nitrogens with zero attached hydrogens (tertiary/aromatic N) is 2. The Morgan fingerprint density at radius 2 is 2.31 bits per heavy atom. The fourth-order valence-electron chi connectivity index (χ4n) is 1.85. The van der Waals surface area contributed by atoms with Crippen LogP contribution in [0.5, 0.6) is 5.75 Å². The highest BCUT2D eigenvalue weighted by Gasteiger charge is 2.30. The van der Waals surface area contributed by atoms with Gasteiger partial charge in [-0.3, -0.25) is 4.68 Å². The van der Waals surface area contributed by atoms with E-state index in [4.69, 9.17) is 4.74 Å². The normalized spacial score (nSPS) is 19.6. The summed E-state index contributed by atoms with van der Waals surface area (Å²) in [5.74, 6) is 0.730. The molecule has 16 heavy (non-hydrogen) atoms. The van der Waals surface area contributed by atoms with Gasteiger partial charge in [0.2, 0.25) is 0 Å². The van der Waals surface area contributed by atoms with Crippen LogP contribution in [0.2, 0.25) is 0 Å². The van der Waals surface area contributed by atoms with E-state index in [9.17, 15) is 5.11 Å². The summed E-state index contributed by atoms with van der Waals surface area (Å²) >= 11 is 0. The molecule has 0 unspecified atom stereocenters. The van der Waals surface area contributed by atoms with Gasteiger partial charge in [0.1, 0.15) is 12.2 Å². The van der Waals surface area contributed by atoms with E-state index in [1.54, 1.807) is 6.20 Å². The van der Waals surface area contributed by atoms with Gasteiger partial charge in [-0.2, -0.15) is 5.10 Å². The number of rotatable bonds is 4. The third-order valence-corrected chi connectivity index (χ3v) is 2.98. The summed E-state index contributed by atoms with van der Waals surface area (Å²) in [5.41, 5.74) is -0.681. The molecule has 0 spiro atoms. The Bertz CT molecular complexity index is 332. The summed E-state index contributed by atoms with van der Waals surface area (Å²) < 4.78 is 7.38. The molecule has 0 radical (unpaired) electrons. The maximum Gasteiger partial charge on any atom is 0.157 e. The molecule has 0 aromatic carbocycles. The molecule has 90 valence electrons. The molecule has 0 amide bonds. The first-order valence-electron chi connectivity index (χ1n) is 5.80. The smallest absolute Gasteiger partial charge is 0.157 e. The predicted octanol–water partition coefficient (Wildman–Crippen LogP) is 0.396. The second-order valence-electron chi connectivity index (χ2n) is 4.29. The average molecular weight is 225 g/mol. The van der Waals surface area contributed by atoms with Crippen molar-refractivity contribution in [2.75, 3.05) is 19.7 Å². The van der Waals surface area contributed by atoms with Crippen molar-refractivity contribution in [3.63, 3.8) is 0 Å². The monoisotopic (exact) mass is 225 g/mol. The molecule has 5 nitrogen and oxygen atoms in total. The standard InChI is InChI=1S/C11H19N3O2/c1-2-14-8-10(7-13-14)16-9-11(15)3-5-12-6-4-11/h7-8,12,15H,2-6,9H2,1H3. The minimum atomic E-state index is -0.681. The topological polar surface area (TPSA) is 59.3 Å². The van der Waals surface area contributed by atoms with Crippen molar-refractivity contribution in [3.8, 4) is 5.75 Å². The molecule has 2 heterocycles. The van der Waals surface area contributed by atoms with Crippen molar-refractivity contribution in [3.05, 3.63) is 12.4 Å². The Labute approximate surface area is 95.4 Å². The number of nitrogens with one attached hydrogen (secondary N) is 1. The molecule has 0 bridgehead atoms. The summed E-state index contributed by atoms with van der Waals surface area (Å²) in [6.45, 7) is 4.92. The lowest BCUT2D eigenvalue weighted by Crippen LogP contribution is -2.45. The van der Waals surface area contributed by atoms with Crippen LogP contribution in [0.15, 0.2) is 12.4 Å². The van der Waals surface area contributed by atoms with Crippen molar-refractivity contribution in [1.82, 2.24) is 15.1 Å². The molecule has 1 aromatic heterocycles. The number of ether oxygens (including phenoxy) is 1. The van der Waals surface area contributed by atoms with Gasteiger partial charge < -0.3 is 15.2 Å². The summed E-state index contributed by atoms with van der Waals surface area (Å²) in [7, 11) is 0. The number of aromatic nitrogens is 2. The van der Waals surface area contributed by atoms with Crippen LogP contribution >= 0.6 is 0 Å². The van der Waals surface area contributed by atoms with Gasteiger partial charge in [0.05, 0.1) is 12.4 Å². The third kappa shape index (κ3) is 2.74. The second kappa shape index (κ2) is 4.84. The van der Waals surface area contributed by atoms with Crippen molar-refractivity contribution >= 4 is 0 Å². The fourth-order valence-corrected chi connectivity index (χ4v) is 1.85. The number of hydrogen-bond donors (Lipinski definition) is 2. The summed E-state index contributed by atoms with van der Waals surface area (Å²) in [6, 6.07) is 0. The Balaban J connectivity index is 1.86. The van der Waals surface area contributed by atoms with Gasteiger partial charge in [-0.05, 0) is 32.9 Å². The predicted molar refractivity (Wildman–Crippen MR) is 60.4 cm³/mol. The maximum atomic E-state index is 10.2. The van der Waals surface area contributed by atoms with E-state index in [0.717, 1.165) is 38.2 Å². The minimum absolute atomic E-state index is 0.351. The molecule has 1 aromatic rings. The Hall–Kier alpha value is -1.07. The van der Waals surface area contributed by atoms with Gasteiger partial charge >= 0.3 is 0 Å². The van der Waals surface area contributed by atoms with E-state index in [1.807, 2.05) is 17.8 Å². The van der Waals surface area contributed by atoms with E-state index in [2.05, 4.69) is 10.4 Å². The fraction of sp³-hybridized carbons (Fsp3) is 0.727. The lowest BCUT2D eigenvalue weighted by atomic mass is 9.94. The van der Waals surface area contributed by atoms with Crippen molar-refractivity contribution in [1.29, 1.82) is 0 Å². The Morgan fingerprint density at radius 3 is 2.94 bits per heavy atom. The second-order valence-corrected chi connectivity index (χ2v) is 4.29. The highest BCUT2D eigenvalue weighted by Crippen LogP contribution is 2.20. The molecule has 1 aliphatic rings. The van der Waals surface area contributed by atoms with Crippen LogP contribution in [0.4, 0.5) is 0 Å². The molecule has 2 N–H and O–H groups in total. The van der Waals surface area contributed by atoms with Gasteiger partial charge in [0, 0.05) is 6.54 Å². The molecule has 1 fully saturated rings. The van der Waals surface area contributed by atoms with Crippen molar-refractivity contribution in [2.45, 2.75) is 31.9 Å². The van der Waals surface area contributed by atoms with E-state index in [1.165, 1.54) is 0 Å². The van der Waals surface area contributed by atoms with Gasteiger partial charge in [0.15, 0.2) is 5.75 Å². The van der Waals surface area contributed by atoms with Gasteiger partial charge in [0.25, 0.3) is 0 Å². The SMILES string of the molecule is CCn1cc(OCC2(O)CCNCC2)cn1. The zero-order valence-electron chi connectivity index (χ0n) is 9.65. The first kappa shape index (κ1) is 11.4. The maximum absolute atomic E-state index is 10.2. The van der Waals surface area contributed by atoms with E-state index < -0.39 is 5.60 Å². The highest BCUT2D eigenvalue weighted by molar-refractivity contribution is 5.12. The molecular weight excluding hydrogens is 206 g/mol. The summed E-state index contributed by atoms with van der Waals surface area (Å²) in [5, 5.41) is 17.5. The number of aryl methyl sites for hydroxylation is 1. The molecule has 2 rings (SSSR count). The van der Waals surface area contributed by atoms with Crippen LogP contribution in [0, 0.1) is 0 Å². The quantitative estimate of drug-likeness (QED) is 0.778. The lowest BCUT2D eigenvalue weighted by Gasteiger charge is -2.31. The Morgan fingerprint density at radius 1 is 1.56 bits per heavy atom. The number of aliphatic hydroxyl groups is 1. The largest absolute Gasteiger partial charge is 0.487 e. The van der Waals surface area contributed by atoms with E-state index in [0.29, 0.717) is 6.61 Å². The molecule has 0 atom stereocenters. The number of hydrogen-bond acceptors (Lipinski definition) is 4. The first-order valence-corrected chi connectivity index (χ1v) is 5.80. The van der Waals surface area contributed by atoms with Gasteiger partial charge in [-0.15, -0.1) is 0 Å². The molecule has 1 aliphatic heterocycles. The first-order chi connectivity index (χ1) is 7.72. The third-order valence-electron chi connectivity index (χ3n) is 2.98. The van der Waals surface area contributed by atoms with Crippen molar-refractivity contribution < 1.29 is 9.84 Å².